The van der Waals surface area contributed by atoms with Gasteiger partial charge in [-0.3, -0.25) is 4.98 Å². The van der Waals surface area contributed by atoms with Crippen molar-refractivity contribution in [3.05, 3.63) is 78.0 Å². The summed E-state index contributed by atoms with van der Waals surface area (Å²) in [5.74, 6) is 1.59. The third-order valence-corrected chi connectivity index (χ3v) is 3.58. The van der Waals surface area contributed by atoms with E-state index in [-0.39, 0.29) is 5.56 Å². The molecule has 1 aromatic heterocycles. The van der Waals surface area contributed by atoms with E-state index in [1.807, 2.05) is 48.5 Å². The molecule has 0 unspecified atom stereocenters. The summed E-state index contributed by atoms with van der Waals surface area (Å²) in [6.07, 6.45) is 6.98. The van der Waals surface area contributed by atoms with Crippen molar-refractivity contribution in [2.75, 3.05) is 0 Å². The van der Waals surface area contributed by atoms with Gasteiger partial charge in [-0.2, -0.15) is 0 Å². The van der Waals surface area contributed by atoms with Crippen LogP contribution in [0.2, 0.25) is 0 Å². The molecule has 0 saturated heterocycles. The van der Waals surface area contributed by atoms with Crippen molar-refractivity contribution < 1.29 is 9.90 Å². The van der Waals surface area contributed by atoms with Gasteiger partial charge in [0.05, 0.1) is 11.3 Å². The smallest absolute Gasteiger partial charge is 0.337 e. The van der Waals surface area contributed by atoms with Crippen LogP contribution in [0.5, 0.6) is 0 Å². The highest BCUT2D eigenvalue weighted by Gasteiger charge is 2.15. The maximum absolute atomic E-state index is 11.5. The Morgan fingerprint density at radius 3 is 2.30 bits per heavy atom. The van der Waals surface area contributed by atoms with Crippen LogP contribution in [0.1, 0.15) is 15.9 Å². The Hall–Kier alpha value is -3.38. The molecule has 0 spiro atoms. The zero-order valence-electron chi connectivity index (χ0n) is 12.2. The highest BCUT2D eigenvalue weighted by atomic mass is 16.4. The first-order valence-corrected chi connectivity index (χ1v) is 7.05. The van der Waals surface area contributed by atoms with Crippen LogP contribution in [0.3, 0.4) is 0 Å². The summed E-state index contributed by atoms with van der Waals surface area (Å²) in [4.78, 5) is 15.7. The lowest BCUT2D eigenvalue weighted by Gasteiger charge is -2.11. The molecule has 0 aliphatic heterocycles. The standard InChI is InChI=1S/C20H13NO2/c1-2-14-9-11-15(12-10-14)16-6-3-4-7-17(16)19-18(20(22)23)8-5-13-21-19/h1,3-13H,(H,22,23). The van der Waals surface area contributed by atoms with E-state index in [0.29, 0.717) is 5.69 Å². The molecule has 1 N–H and O–H groups in total. The quantitative estimate of drug-likeness (QED) is 0.741. The van der Waals surface area contributed by atoms with Crippen LogP contribution >= 0.6 is 0 Å². The molecule has 3 heteroatoms. The molecule has 23 heavy (non-hydrogen) atoms. The van der Waals surface area contributed by atoms with Crippen LogP contribution in [0.15, 0.2) is 66.9 Å². The van der Waals surface area contributed by atoms with E-state index in [1.54, 1.807) is 18.3 Å². The lowest BCUT2D eigenvalue weighted by atomic mass is 9.94. The summed E-state index contributed by atoms with van der Waals surface area (Å²) in [5.41, 5.74) is 4.09. The number of carbonyl (C=O) groups is 1. The number of carboxylic acids is 1. The number of carboxylic acid groups (broad SMARTS) is 1. The molecular formula is C20H13NO2. The van der Waals surface area contributed by atoms with Crippen molar-refractivity contribution in [3.8, 4) is 34.7 Å². The minimum absolute atomic E-state index is 0.181. The van der Waals surface area contributed by atoms with Crippen molar-refractivity contribution in [1.82, 2.24) is 4.98 Å². The molecule has 110 valence electrons. The fraction of sp³-hybridized carbons (Fsp3) is 0. The minimum atomic E-state index is -0.995. The van der Waals surface area contributed by atoms with E-state index in [9.17, 15) is 9.90 Å². The van der Waals surface area contributed by atoms with Crippen LogP contribution < -0.4 is 0 Å². The van der Waals surface area contributed by atoms with Crippen molar-refractivity contribution in [2.24, 2.45) is 0 Å². The van der Waals surface area contributed by atoms with E-state index in [1.165, 1.54) is 0 Å². The molecule has 0 aliphatic carbocycles. The Balaban J connectivity index is 2.19. The molecule has 0 amide bonds. The van der Waals surface area contributed by atoms with Crippen LogP contribution in [0.4, 0.5) is 0 Å². The van der Waals surface area contributed by atoms with Gasteiger partial charge in [0, 0.05) is 17.3 Å². The molecule has 0 radical (unpaired) electrons. The maximum atomic E-state index is 11.5. The number of rotatable bonds is 3. The van der Waals surface area contributed by atoms with E-state index in [2.05, 4.69) is 10.9 Å². The summed E-state index contributed by atoms with van der Waals surface area (Å²) in [6.45, 7) is 0. The number of nitrogens with zero attached hydrogens (tertiary/aromatic N) is 1. The van der Waals surface area contributed by atoms with Crippen molar-refractivity contribution >= 4 is 5.97 Å². The molecule has 1 heterocycles. The summed E-state index contributed by atoms with van der Waals surface area (Å²) in [6, 6.07) is 18.4. The number of hydrogen-bond donors (Lipinski definition) is 1. The number of pyridine rings is 1. The Kier molecular flexibility index (Phi) is 3.90. The number of benzene rings is 2. The highest BCUT2D eigenvalue weighted by Crippen LogP contribution is 2.32. The molecular weight excluding hydrogens is 286 g/mol. The Morgan fingerprint density at radius 2 is 1.65 bits per heavy atom. The Labute approximate surface area is 134 Å². The van der Waals surface area contributed by atoms with Crippen LogP contribution in [-0.2, 0) is 0 Å². The van der Waals surface area contributed by atoms with Crippen LogP contribution in [-0.4, -0.2) is 16.1 Å². The van der Waals surface area contributed by atoms with Gasteiger partial charge < -0.3 is 5.11 Å². The summed E-state index contributed by atoms with van der Waals surface area (Å²) >= 11 is 0. The van der Waals surface area contributed by atoms with Gasteiger partial charge in [-0.15, -0.1) is 6.42 Å². The minimum Gasteiger partial charge on any atom is -0.478 e. The van der Waals surface area contributed by atoms with E-state index < -0.39 is 5.97 Å². The number of terminal acetylenes is 1. The Bertz CT molecular complexity index is 905. The normalized spacial score (nSPS) is 10.0. The fourth-order valence-corrected chi connectivity index (χ4v) is 2.48. The monoisotopic (exact) mass is 299 g/mol. The average molecular weight is 299 g/mol. The third-order valence-electron chi connectivity index (χ3n) is 3.58. The van der Waals surface area contributed by atoms with Gasteiger partial charge in [0.2, 0.25) is 0 Å². The second kappa shape index (κ2) is 6.17. The largest absolute Gasteiger partial charge is 0.478 e. The van der Waals surface area contributed by atoms with Crippen LogP contribution in [0, 0.1) is 12.3 Å². The van der Waals surface area contributed by atoms with Crippen molar-refractivity contribution in [1.29, 1.82) is 0 Å². The molecule has 2 aromatic carbocycles. The molecule has 0 bridgehead atoms. The highest BCUT2D eigenvalue weighted by molar-refractivity contribution is 5.97. The van der Waals surface area contributed by atoms with Crippen LogP contribution in [0.25, 0.3) is 22.4 Å². The Morgan fingerprint density at radius 1 is 0.957 bits per heavy atom. The first kappa shape index (κ1) is 14.6. The summed E-state index contributed by atoms with van der Waals surface area (Å²) < 4.78 is 0. The van der Waals surface area contributed by atoms with Crippen molar-refractivity contribution in [3.63, 3.8) is 0 Å². The average Bonchev–Trinajstić information content (AvgIpc) is 2.62. The van der Waals surface area contributed by atoms with Gasteiger partial charge in [-0.25, -0.2) is 4.79 Å². The SMILES string of the molecule is C#Cc1ccc(-c2ccccc2-c2ncccc2C(=O)O)cc1. The molecule has 3 nitrogen and oxygen atoms in total. The van der Waals surface area contributed by atoms with Gasteiger partial charge in [0.25, 0.3) is 0 Å². The zero-order valence-corrected chi connectivity index (χ0v) is 12.2. The zero-order chi connectivity index (χ0) is 16.2. The molecule has 0 atom stereocenters. The predicted octanol–water partition coefficient (Wildman–Crippen LogP) is 4.10. The van der Waals surface area contributed by atoms with Gasteiger partial charge >= 0.3 is 5.97 Å². The topological polar surface area (TPSA) is 50.2 Å². The number of aromatic carboxylic acids is 1. The van der Waals surface area contributed by atoms with Gasteiger partial charge in [0.15, 0.2) is 0 Å². The number of hydrogen-bond acceptors (Lipinski definition) is 2. The maximum Gasteiger partial charge on any atom is 0.337 e. The first-order chi connectivity index (χ1) is 11.2. The van der Waals surface area contributed by atoms with Crippen molar-refractivity contribution in [2.45, 2.75) is 0 Å². The second-order valence-electron chi connectivity index (χ2n) is 4.97. The van der Waals surface area contributed by atoms with E-state index >= 15 is 0 Å². The second-order valence-corrected chi connectivity index (χ2v) is 4.97. The first-order valence-electron chi connectivity index (χ1n) is 7.05. The molecule has 0 aliphatic rings. The lowest BCUT2D eigenvalue weighted by Crippen LogP contribution is -2.01. The van der Waals surface area contributed by atoms with Gasteiger partial charge in [-0.1, -0.05) is 42.3 Å². The molecule has 3 aromatic rings. The fourth-order valence-electron chi connectivity index (χ4n) is 2.48. The van der Waals surface area contributed by atoms with E-state index in [4.69, 9.17) is 6.42 Å². The van der Waals surface area contributed by atoms with Gasteiger partial charge in [-0.05, 0) is 35.4 Å². The molecule has 0 saturated carbocycles. The summed E-state index contributed by atoms with van der Waals surface area (Å²) in [5, 5.41) is 9.39. The molecule has 0 fully saturated rings. The lowest BCUT2D eigenvalue weighted by molar-refractivity contribution is 0.0697. The summed E-state index contributed by atoms with van der Waals surface area (Å²) in [7, 11) is 0. The molecule has 3 rings (SSSR count). The number of aromatic nitrogens is 1. The van der Waals surface area contributed by atoms with Gasteiger partial charge in [0.1, 0.15) is 0 Å². The third kappa shape index (κ3) is 2.83. The predicted molar refractivity (Wildman–Crippen MR) is 90.0 cm³/mol. The van der Waals surface area contributed by atoms with E-state index in [0.717, 1.165) is 22.3 Å².